The molecule has 0 aliphatic carbocycles. The maximum Gasteiger partial charge on any atom is 0.404 e. The summed E-state index contributed by atoms with van der Waals surface area (Å²) in [5.41, 5.74) is 6.30. The van der Waals surface area contributed by atoms with E-state index in [1.807, 2.05) is 53.7 Å². The van der Waals surface area contributed by atoms with Crippen molar-refractivity contribution in [3.05, 3.63) is 48.6 Å². The number of ether oxygens (including phenoxy) is 2. The molecule has 0 aromatic rings. The second-order valence-electron chi connectivity index (χ2n) is 12.4. The number of hydrogen-bond acceptors (Lipinski definition) is 8. The minimum atomic E-state index is -0.894. The van der Waals surface area contributed by atoms with Crippen LogP contribution in [0.4, 0.5) is 4.79 Å². The minimum absolute atomic E-state index is 0.152. The Morgan fingerprint density at radius 2 is 1.64 bits per heavy atom. The standard InChI is InChI=1S/C33H55NO8/c1-10-11-12-20(4)31(42-33(34)40)24(8)29(37)22(6)16-18(2)15-21(5)28(36)19(3)13-14-26(35)17-27-23(7)30(38)25(9)32(39)41-27/h10-15,19-31,35-38H,1,16-17H2,2-9H3,(H2,34,40)/b12-11-,14-13-,18-15-/t19-,20-,21?,22-,23-,24-,25+,26+,27-,28-,29+,30-,31-/m0/s1. The predicted molar refractivity (Wildman–Crippen MR) is 164 cm³/mol. The molecule has 9 nitrogen and oxygen atoms in total. The number of aliphatic hydroxyl groups excluding tert-OH is 4. The molecule has 1 amide bonds. The molecule has 0 bridgehead atoms. The quantitative estimate of drug-likeness (QED) is 0.101. The number of aliphatic hydroxyl groups is 4. The summed E-state index contributed by atoms with van der Waals surface area (Å²) in [5.74, 6) is -2.52. The smallest absolute Gasteiger partial charge is 0.404 e. The summed E-state index contributed by atoms with van der Waals surface area (Å²) >= 11 is 0. The molecule has 240 valence electrons. The normalized spacial score (nSPS) is 28.3. The van der Waals surface area contributed by atoms with Gasteiger partial charge in [0.25, 0.3) is 0 Å². The van der Waals surface area contributed by atoms with E-state index in [9.17, 15) is 30.0 Å². The fourth-order valence-electron chi connectivity index (χ4n) is 5.80. The van der Waals surface area contributed by atoms with E-state index in [0.29, 0.717) is 6.42 Å². The molecule has 0 radical (unpaired) electrons. The number of esters is 1. The van der Waals surface area contributed by atoms with Crippen LogP contribution < -0.4 is 5.73 Å². The van der Waals surface area contributed by atoms with Gasteiger partial charge in [-0.3, -0.25) is 4.79 Å². The van der Waals surface area contributed by atoms with E-state index in [-0.39, 0.29) is 41.9 Å². The number of carbonyl (C=O) groups excluding carboxylic acids is 2. The fraction of sp³-hybridized carbons (Fsp3) is 0.697. The van der Waals surface area contributed by atoms with Gasteiger partial charge in [-0.2, -0.15) is 0 Å². The van der Waals surface area contributed by atoms with Crippen molar-refractivity contribution < 1.29 is 39.5 Å². The first-order chi connectivity index (χ1) is 19.5. The van der Waals surface area contributed by atoms with Crippen LogP contribution in [0.15, 0.2) is 48.6 Å². The lowest BCUT2D eigenvalue weighted by Gasteiger charge is -2.36. The van der Waals surface area contributed by atoms with Crippen LogP contribution in [0.5, 0.6) is 0 Å². The van der Waals surface area contributed by atoms with Crippen molar-refractivity contribution in [2.24, 2.45) is 47.2 Å². The second-order valence-corrected chi connectivity index (χ2v) is 12.4. The van der Waals surface area contributed by atoms with Crippen molar-refractivity contribution in [2.75, 3.05) is 0 Å². The molecule has 13 atom stereocenters. The Bertz CT molecular complexity index is 962. The lowest BCUT2D eigenvalue weighted by molar-refractivity contribution is -0.179. The zero-order valence-corrected chi connectivity index (χ0v) is 26.6. The van der Waals surface area contributed by atoms with Crippen LogP contribution in [-0.4, -0.2) is 69.1 Å². The van der Waals surface area contributed by atoms with E-state index in [4.69, 9.17) is 15.2 Å². The molecule has 1 aliphatic heterocycles. The molecule has 0 aromatic heterocycles. The number of primary amides is 1. The van der Waals surface area contributed by atoms with Crippen molar-refractivity contribution in [1.29, 1.82) is 0 Å². The highest BCUT2D eigenvalue weighted by Gasteiger charge is 2.41. The van der Waals surface area contributed by atoms with Crippen LogP contribution in [0.3, 0.4) is 0 Å². The maximum absolute atomic E-state index is 12.0. The molecular formula is C33H55NO8. The number of carbonyl (C=O) groups is 2. The summed E-state index contributed by atoms with van der Waals surface area (Å²) < 4.78 is 10.8. The number of cyclic esters (lactones) is 1. The molecule has 6 N–H and O–H groups in total. The molecule has 1 aliphatic rings. The maximum atomic E-state index is 12.0. The number of hydrogen-bond donors (Lipinski definition) is 5. The average molecular weight is 594 g/mol. The summed E-state index contributed by atoms with van der Waals surface area (Å²) in [6.45, 7) is 18.5. The Kier molecular flexibility index (Phi) is 15.7. The summed E-state index contributed by atoms with van der Waals surface area (Å²) in [4.78, 5) is 23.5. The van der Waals surface area contributed by atoms with Gasteiger partial charge in [0.2, 0.25) is 0 Å². The molecule has 9 heteroatoms. The van der Waals surface area contributed by atoms with E-state index in [1.54, 1.807) is 38.2 Å². The fourth-order valence-corrected chi connectivity index (χ4v) is 5.80. The van der Waals surface area contributed by atoms with Gasteiger partial charge in [0.15, 0.2) is 0 Å². The summed E-state index contributed by atoms with van der Waals surface area (Å²) in [6, 6.07) is 0. The van der Waals surface area contributed by atoms with E-state index >= 15 is 0 Å². The zero-order chi connectivity index (χ0) is 32.3. The third-order valence-electron chi connectivity index (χ3n) is 8.62. The van der Waals surface area contributed by atoms with Gasteiger partial charge in [-0.1, -0.05) is 90.2 Å². The van der Waals surface area contributed by atoms with Crippen LogP contribution in [0.1, 0.15) is 68.2 Å². The molecule has 42 heavy (non-hydrogen) atoms. The third-order valence-corrected chi connectivity index (χ3v) is 8.62. The Balaban J connectivity index is 2.76. The van der Waals surface area contributed by atoms with Gasteiger partial charge in [-0.25, -0.2) is 4.79 Å². The average Bonchev–Trinajstić information content (AvgIpc) is 2.93. The lowest BCUT2D eigenvalue weighted by Crippen LogP contribution is -2.47. The van der Waals surface area contributed by atoms with Gasteiger partial charge in [0.05, 0.1) is 30.3 Å². The minimum Gasteiger partial charge on any atom is -0.462 e. The van der Waals surface area contributed by atoms with Gasteiger partial charge < -0.3 is 35.6 Å². The van der Waals surface area contributed by atoms with Crippen LogP contribution in [0.2, 0.25) is 0 Å². The molecule has 1 fully saturated rings. The Morgan fingerprint density at radius 1 is 1.02 bits per heavy atom. The third kappa shape index (κ3) is 11.3. The molecule has 0 aromatic carbocycles. The molecular weight excluding hydrogens is 538 g/mol. The largest absolute Gasteiger partial charge is 0.462 e. The number of nitrogens with two attached hydrogens (primary N) is 1. The lowest BCUT2D eigenvalue weighted by atomic mass is 9.81. The van der Waals surface area contributed by atoms with Crippen LogP contribution in [0.25, 0.3) is 0 Å². The number of amides is 1. The monoisotopic (exact) mass is 593 g/mol. The highest BCUT2D eigenvalue weighted by molar-refractivity contribution is 5.73. The molecule has 1 unspecified atom stereocenters. The van der Waals surface area contributed by atoms with E-state index in [1.165, 1.54) is 0 Å². The molecule has 0 saturated carbocycles. The van der Waals surface area contributed by atoms with Gasteiger partial charge in [0, 0.05) is 36.0 Å². The number of allylic oxidation sites excluding steroid dienone is 3. The van der Waals surface area contributed by atoms with Crippen molar-refractivity contribution in [3.63, 3.8) is 0 Å². The first kappa shape index (κ1) is 37.6. The molecule has 0 spiro atoms. The molecule has 1 saturated heterocycles. The van der Waals surface area contributed by atoms with E-state index < -0.39 is 54.6 Å². The van der Waals surface area contributed by atoms with Crippen molar-refractivity contribution in [2.45, 2.75) is 105 Å². The summed E-state index contributed by atoms with van der Waals surface area (Å²) in [7, 11) is 0. The highest BCUT2D eigenvalue weighted by Crippen LogP contribution is 2.30. The molecule has 1 rings (SSSR count). The Labute approximate surface area is 252 Å². The first-order valence-electron chi connectivity index (χ1n) is 15.0. The van der Waals surface area contributed by atoms with Crippen molar-refractivity contribution >= 4 is 12.1 Å². The summed E-state index contributed by atoms with van der Waals surface area (Å²) in [6.07, 6.45) is 6.04. The van der Waals surface area contributed by atoms with Gasteiger partial charge in [-0.15, -0.1) is 0 Å². The second kappa shape index (κ2) is 17.6. The van der Waals surface area contributed by atoms with Crippen LogP contribution in [-0.2, 0) is 14.3 Å². The Hall–Kier alpha value is -2.46. The Morgan fingerprint density at radius 3 is 2.21 bits per heavy atom. The van der Waals surface area contributed by atoms with Crippen molar-refractivity contribution in [1.82, 2.24) is 0 Å². The van der Waals surface area contributed by atoms with Gasteiger partial charge in [0.1, 0.15) is 12.2 Å². The van der Waals surface area contributed by atoms with E-state index in [0.717, 1.165) is 5.57 Å². The zero-order valence-electron chi connectivity index (χ0n) is 26.6. The van der Waals surface area contributed by atoms with Gasteiger partial charge >= 0.3 is 12.1 Å². The topological polar surface area (TPSA) is 160 Å². The SMILES string of the molecule is C=C/C=C\[C@H](C)[C@H](OC(N)=O)[C@@H](C)[C@H](O)[C@@H](C)C/C(C)=C\C(C)[C@@H](O)[C@@H](C)/C=C\[C@@H](O)C[C@@H]1OC(=O)[C@H](C)[C@@H](O)[C@H]1C. The van der Waals surface area contributed by atoms with Crippen LogP contribution in [0, 0.1) is 41.4 Å². The van der Waals surface area contributed by atoms with Gasteiger partial charge in [-0.05, 0) is 26.2 Å². The number of rotatable bonds is 16. The van der Waals surface area contributed by atoms with E-state index in [2.05, 4.69) is 6.58 Å². The highest BCUT2D eigenvalue weighted by atomic mass is 16.6. The molecule has 1 heterocycles. The van der Waals surface area contributed by atoms with Crippen LogP contribution >= 0.6 is 0 Å². The first-order valence-corrected chi connectivity index (χ1v) is 15.0. The summed E-state index contributed by atoms with van der Waals surface area (Å²) in [5, 5.41) is 42.8. The predicted octanol–water partition coefficient (Wildman–Crippen LogP) is 4.30. The van der Waals surface area contributed by atoms with Crippen molar-refractivity contribution in [3.8, 4) is 0 Å².